The van der Waals surface area contributed by atoms with Crippen LogP contribution in [-0.2, 0) is 9.47 Å². The maximum absolute atomic E-state index is 12.2. The molecule has 1 aliphatic carbocycles. The molecule has 7 heteroatoms. The van der Waals surface area contributed by atoms with Crippen LogP contribution in [0.5, 0.6) is 5.75 Å². The molecule has 1 amide bonds. The van der Waals surface area contributed by atoms with Gasteiger partial charge in [0.15, 0.2) is 6.79 Å². The molecule has 7 nitrogen and oxygen atoms in total. The van der Waals surface area contributed by atoms with Gasteiger partial charge in [-0.2, -0.15) is 0 Å². The Balaban J connectivity index is 1.25. The lowest BCUT2D eigenvalue weighted by molar-refractivity contribution is -0.0785. The number of methoxy groups -OCH3 is 1. The summed E-state index contributed by atoms with van der Waals surface area (Å²) in [5.74, 6) is 1.21. The molecule has 0 unspecified atom stereocenters. The number of benzene rings is 2. The molecular formula is C27H31N3O4. The zero-order valence-corrected chi connectivity index (χ0v) is 20.2. The van der Waals surface area contributed by atoms with Crippen LogP contribution < -0.4 is 4.74 Å². The highest BCUT2D eigenvalue weighted by Crippen LogP contribution is 2.56. The molecule has 1 spiro atoms. The van der Waals surface area contributed by atoms with Gasteiger partial charge < -0.3 is 19.1 Å². The molecule has 0 N–H and O–H groups in total. The van der Waals surface area contributed by atoms with Crippen molar-refractivity contribution in [2.75, 3.05) is 27.0 Å². The number of likely N-dealkylation sites (tertiary alicyclic amines) is 1. The van der Waals surface area contributed by atoms with E-state index in [9.17, 15) is 4.79 Å². The minimum atomic E-state index is -0.451. The van der Waals surface area contributed by atoms with Crippen LogP contribution in [-0.4, -0.2) is 53.8 Å². The molecule has 2 aromatic carbocycles. The number of amides is 1. The predicted molar refractivity (Wildman–Crippen MR) is 130 cm³/mol. The van der Waals surface area contributed by atoms with Crippen LogP contribution in [0.1, 0.15) is 45.1 Å². The van der Waals surface area contributed by atoms with Gasteiger partial charge in [0.1, 0.15) is 11.4 Å². The van der Waals surface area contributed by atoms with Gasteiger partial charge in [-0.1, -0.05) is 24.3 Å². The zero-order valence-electron chi connectivity index (χ0n) is 20.2. The van der Waals surface area contributed by atoms with E-state index in [-0.39, 0.29) is 18.3 Å². The predicted octanol–water partition coefficient (Wildman–Crippen LogP) is 5.39. The van der Waals surface area contributed by atoms with E-state index in [1.54, 1.807) is 7.11 Å². The molecule has 0 radical (unpaired) electrons. The third kappa shape index (κ3) is 4.44. The summed E-state index contributed by atoms with van der Waals surface area (Å²) in [6.45, 7) is 7.47. The van der Waals surface area contributed by atoms with Gasteiger partial charge >= 0.3 is 6.09 Å². The summed E-state index contributed by atoms with van der Waals surface area (Å²) in [6, 6.07) is 16.3. The molecule has 34 heavy (non-hydrogen) atoms. The van der Waals surface area contributed by atoms with Gasteiger partial charge in [0.2, 0.25) is 0 Å². The van der Waals surface area contributed by atoms with Crippen LogP contribution in [0.15, 0.2) is 48.5 Å². The first kappa shape index (κ1) is 22.6. The third-order valence-corrected chi connectivity index (χ3v) is 6.64. The molecule has 1 saturated carbocycles. The summed E-state index contributed by atoms with van der Waals surface area (Å²) in [5, 5.41) is 10.0. The van der Waals surface area contributed by atoms with Crippen molar-refractivity contribution in [3.05, 3.63) is 54.1 Å². The molecule has 1 aromatic heterocycles. The van der Waals surface area contributed by atoms with E-state index in [2.05, 4.69) is 28.4 Å². The maximum Gasteiger partial charge on any atom is 0.410 e. The minimum absolute atomic E-state index is 0.180. The standard InChI is InChI=1S/C27H31N3O4/c1-26(2,3)34-25(31)30-15-27(16-30)13-20(14-27)18-9-10-19-12-23(29-28-22(19)11-18)21-7-5-6-8-24(21)33-17-32-4/h5-12,20H,13-17H2,1-4H3. The van der Waals surface area contributed by atoms with E-state index in [1.165, 1.54) is 5.56 Å². The first-order valence-corrected chi connectivity index (χ1v) is 11.7. The summed E-state index contributed by atoms with van der Waals surface area (Å²) < 4.78 is 16.2. The van der Waals surface area contributed by atoms with Crippen molar-refractivity contribution < 1.29 is 19.0 Å². The van der Waals surface area contributed by atoms with Gasteiger partial charge in [0.05, 0.1) is 11.2 Å². The van der Waals surface area contributed by atoms with Crippen LogP contribution in [0, 0.1) is 5.41 Å². The highest BCUT2D eigenvalue weighted by atomic mass is 16.7. The highest BCUT2D eigenvalue weighted by Gasteiger charge is 2.54. The van der Waals surface area contributed by atoms with Gasteiger partial charge in [-0.25, -0.2) is 4.79 Å². The third-order valence-electron chi connectivity index (χ3n) is 6.64. The van der Waals surface area contributed by atoms with Gasteiger partial charge in [-0.3, -0.25) is 0 Å². The summed E-state index contributed by atoms with van der Waals surface area (Å²) in [5.41, 5.74) is 3.64. The number of carbonyl (C=O) groups excluding carboxylic acids is 1. The van der Waals surface area contributed by atoms with E-state index < -0.39 is 5.60 Å². The van der Waals surface area contributed by atoms with Crippen molar-refractivity contribution in [2.45, 2.75) is 45.1 Å². The zero-order chi connectivity index (χ0) is 23.9. The quantitative estimate of drug-likeness (QED) is 0.474. The molecule has 2 fully saturated rings. The number of nitrogens with zero attached hydrogens (tertiary/aromatic N) is 3. The number of para-hydroxylation sites is 1. The van der Waals surface area contributed by atoms with Gasteiger partial charge in [0.25, 0.3) is 0 Å². The smallest absolute Gasteiger partial charge is 0.410 e. The van der Waals surface area contributed by atoms with Crippen molar-refractivity contribution >= 4 is 17.0 Å². The first-order chi connectivity index (χ1) is 16.3. The van der Waals surface area contributed by atoms with Gasteiger partial charge in [-0.05, 0) is 69.4 Å². The van der Waals surface area contributed by atoms with E-state index in [0.717, 1.165) is 53.8 Å². The van der Waals surface area contributed by atoms with Crippen LogP contribution >= 0.6 is 0 Å². The van der Waals surface area contributed by atoms with E-state index in [1.807, 2.05) is 56.0 Å². The number of ether oxygens (including phenoxy) is 3. The number of rotatable bonds is 5. The van der Waals surface area contributed by atoms with Crippen LogP contribution in [0.3, 0.4) is 0 Å². The number of fused-ring (bicyclic) bond motifs is 1. The Hall–Kier alpha value is -3.19. The molecule has 1 aliphatic heterocycles. The molecule has 0 atom stereocenters. The molecule has 178 valence electrons. The van der Waals surface area contributed by atoms with E-state index in [4.69, 9.17) is 14.2 Å². The molecule has 2 heterocycles. The molecule has 5 rings (SSSR count). The lowest BCUT2D eigenvalue weighted by atomic mass is 9.56. The fourth-order valence-corrected chi connectivity index (χ4v) is 5.06. The molecule has 3 aromatic rings. The second-order valence-electron chi connectivity index (χ2n) is 10.5. The first-order valence-electron chi connectivity index (χ1n) is 11.7. The summed E-state index contributed by atoms with van der Waals surface area (Å²) >= 11 is 0. The Morgan fingerprint density at radius 1 is 1.09 bits per heavy atom. The highest BCUT2D eigenvalue weighted by molar-refractivity contribution is 5.83. The Labute approximate surface area is 200 Å². The van der Waals surface area contributed by atoms with Crippen LogP contribution in [0.2, 0.25) is 0 Å². The van der Waals surface area contributed by atoms with Crippen molar-refractivity contribution in [1.82, 2.24) is 15.1 Å². The Kier molecular flexibility index (Phi) is 5.68. The normalized spacial score (nSPS) is 17.4. The van der Waals surface area contributed by atoms with E-state index in [0.29, 0.717) is 5.92 Å². The van der Waals surface area contributed by atoms with Gasteiger partial charge in [0, 0.05) is 36.6 Å². The maximum atomic E-state index is 12.2. The van der Waals surface area contributed by atoms with Crippen LogP contribution in [0.25, 0.3) is 22.2 Å². The molecule has 0 bridgehead atoms. The van der Waals surface area contributed by atoms with Gasteiger partial charge in [-0.15, -0.1) is 10.2 Å². The van der Waals surface area contributed by atoms with Crippen LogP contribution in [0.4, 0.5) is 4.79 Å². The largest absolute Gasteiger partial charge is 0.467 e. The fourth-order valence-electron chi connectivity index (χ4n) is 5.06. The lowest BCUT2D eigenvalue weighted by Crippen LogP contribution is -2.63. The minimum Gasteiger partial charge on any atom is -0.467 e. The molecule has 1 saturated heterocycles. The Morgan fingerprint density at radius 2 is 1.85 bits per heavy atom. The molecular weight excluding hydrogens is 430 g/mol. The number of hydrogen-bond acceptors (Lipinski definition) is 6. The van der Waals surface area contributed by atoms with Crippen molar-refractivity contribution in [2.24, 2.45) is 5.41 Å². The van der Waals surface area contributed by atoms with Crippen molar-refractivity contribution in [3.8, 4) is 17.0 Å². The number of aromatic nitrogens is 2. The topological polar surface area (TPSA) is 73.8 Å². The summed E-state index contributed by atoms with van der Waals surface area (Å²) in [4.78, 5) is 14.1. The average Bonchev–Trinajstić information content (AvgIpc) is 2.74. The van der Waals surface area contributed by atoms with E-state index >= 15 is 0 Å². The lowest BCUT2D eigenvalue weighted by Gasteiger charge is -2.58. The monoisotopic (exact) mass is 461 g/mol. The Morgan fingerprint density at radius 3 is 2.59 bits per heavy atom. The molecule has 2 aliphatic rings. The second-order valence-corrected chi connectivity index (χ2v) is 10.5. The Bertz CT molecular complexity index is 1210. The van der Waals surface area contributed by atoms with Crippen molar-refractivity contribution in [3.63, 3.8) is 0 Å². The SMILES string of the molecule is COCOc1ccccc1-c1cc2ccc(C3CC4(C3)CN(C(=O)OC(C)(C)C)C4)cc2nn1. The number of hydrogen-bond donors (Lipinski definition) is 0. The van der Waals surface area contributed by atoms with Crippen molar-refractivity contribution in [1.29, 1.82) is 0 Å². The summed E-state index contributed by atoms with van der Waals surface area (Å²) in [6.07, 6.45) is 1.98. The second kappa shape index (κ2) is 8.55. The summed E-state index contributed by atoms with van der Waals surface area (Å²) in [7, 11) is 1.60. The number of carbonyl (C=O) groups is 1. The average molecular weight is 462 g/mol. The fraction of sp³-hybridized carbons (Fsp3) is 0.444.